The number of hydrogen-bond acceptors (Lipinski definition) is 1. The summed E-state index contributed by atoms with van der Waals surface area (Å²) >= 11 is 0. The van der Waals surface area contributed by atoms with Crippen LogP contribution < -0.4 is 0 Å². The molecular weight excluding hydrogens is 148 g/mol. The van der Waals surface area contributed by atoms with E-state index in [0.717, 1.165) is 6.54 Å². The zero-order valence-corrected chi connectivity index (χ0v) is 6.90. The lowest BCUT2D eigenvalue weighted by Gasteiger charge is -2.23. The van der Waals surface area contributed by atoms with Gasteiger partial charge in [0, 0.05) is 17.9 Å². The van der Waals surface area contributed by atoms with Crippen molar-refractivity contribution in [3.8, 4) is 0 Å². The van der Waals surface area contributed by atoms with Gasteiger partial charge in [-0.3, -0.25) is 0 Å². The Morgan fingerprint density at radius 1 is 1.45 bits per heavy atom. The van der Waals surface area contributed by atoms with Crippen LogP contribution in [0.25, 0.3) is 0 Å². The first-order chi connectivity index (χ1) is 4.98. The summed E-state index contributed by atoms with van der Waals surface area (Å²) in [5, 5.41) is 0. The van der Waals surface area contributed by atoms with Gasteiger partial charge in [0.05, 0.1) is 0 Å². The second kappa shape index (κ2) is 1.76. The van der Waals surface area contributed by atoms with Crippen LogP contribution in [0.5, 0.6) is 0 Å². The number of hydrogen-bond donors (Lipinski definition) is 0. The molecule has 1 saturated heterocycles. The second-order valence-electron chi connectivity index (χ2n) is 4.11. The summed E-state index contributed by atoms with van der Waals surface area (Å²) in [5.74, 6) is -2.74. The number of piperidine rings is 1. The standard InChI is InChI=1S/C8H13F2N/c1-7-3-4-11(2)5-6(7)8(7,9)10/h6H,3-5H2,1-2H3. The number of halogens is 2. The van der Waals surface area contributed by atoms with E-state index in [1.807, 2.05) is 11.9 Å². The Labute approximate surface area is 65.4 Å². The molecule has 0 amide bonds. The quantitative estimate of drug-likeness (QED) is 0.521. The lowest BCUT2D eigenvalue weighted by molar-refractivity contribution is 0.0636. The molecule has 2 rings (SSSR count). The second-order valence-corrected chi connectivity index (χ2v) is 4.11. The zero-order valence-electron chi connectivity index (χ0n) is 6.90. The van der Waals surface area contributed by atoms with Crippen molar-refractivity contribution >= 4 is 0 Å². The molecule has 2 aliphatic rings. The molecule has 0 N–H and O–H groups in total. The molecular formula is C8H13F2N. The summed E-state index contributed by atoms with van der Waals surface area (Å²) in [5.41, 5.74) is -0.653. The monoisotopic (exact) mass is 161 g/mol. The first kappa shape index (κ1) is 7.47. The van der Waals surface area contributed by atoms with Crippen LogP contribution in [0.3, 0.4) is 0 Å². The van der Waals surface area contributed by atoms with Gasteiger partial charge in [0.1, 0.15) is 0 Å². The normalized spacial score (nSPS) is 48.5. The molecule has 1 aliphatic carbocycles. The van der Waals surface area contributed by atoms with Crippen molar-refractivity contribution in [2.45, 2.75) is 19.3 Å². The zero-order chi connectivity index (χ0) is 8.28. The minimum absolute atomic E-state index is 0.367. The molecule has 1 nitrogen and oxygen atoms in total. The molecule has 11 heavy (non-hydrogen) atoms. The molecule has 0 aromatic rings. The van der Waals surface area contributed by atoms with Crippen LogP contribution in [-0.2, 0) is 0 Å². The number of alkyl halides is 2. The molecule has 1 saturated carbocycles. The minimum Gasteiger partial charge on any atom is -0.306 e. The van der Waals surface area contributed by atoms with E-state index in [1.54, 1.807) is 6.92 Å². The summed E-state index contributed by atoms with van der Waals surface area (Å²) in [6.45, 7) is 3.11. The van der Waals surface area contributed by atoms with Crippen molar-refractivity contribution in [2.75, 3.05) is 20.1 Å². The van der Waals surface area contributed by atoms with Gasteiger partial charge in [0.25, 0.3) is 5.92 Å². The van der Waals surface area contributed by atoms with Crippen molar-refractivity contribution in [1.82, 2.24) is 4.90 Å². The van der Waals surface area contributed by atoms with Gasteiger partial charge in [0.15, 0.2) is 0 Å². The number of rotatable bonds is 0. The summed E-state index contributed by atoms with van der Waals surface area (Å²) in [6, 6.07) is 0. The average Bonchev–Trinajstić information content (AvgIpc) is 2.33. The van der Waals surface area contributed by atoms with Crippen LogP contribution in [0, 0.1) is 11.3 Å². The molecule has 2 atom stereocenters. The maximum Gasteiger partial charge on any atom is 0.258 e. The van der Waals surface area contributed by atoms with Crippen LogP contribution in [0.15, 0.2) is 0 Å². The highest BCUT2D eigenvalue weighted by atomic mass is 19.3. The van der Waals surface area contributed by atoms with Crippen molar-refractivity contribution < 1.29 is 8.78 Å². The number of likely N-dealkylation sites (tertiary alicyclic amines) is 1. The Bertz CT molecular complexity index is 193. The summed E-state index contributed by atoms with van der Waals surface area (Å²) in [4.78, 5) is 1.99. The predicted molar refractivity (Wildman–Crippen MR) is 38.7 cm³/mol. The highest BCUT2D eigenvalue weighted by Crippen LogP contribution is 2.69. The third-order valence-corrected chi connectivity index (χ3v) is 3.39. The van der Waals surface area contributed by atoms with E-state index in [1.165, 1.54) is 0 Å². The van der Waals surface area contributed by atoms with Gasteiger partial charge in [-0.25, -0.2) is 8.78 Å². The van der Waals surface area contributed by atoms with E-state index in [9.17, 15) is 8.78 Å². The summed E-state index contributed by atoms with van der Waals surface area (Å²) in [7, 11) is 1.91. The van der Waals surface area contributed by atoms with Gasteiger partial charge in [-0.05, 0) is 20.0 Å². The maximum absolute atomic E-state index is 13.0. The van der Waals surface area contributed by atoms with Crippen LogP contribution in [0.1, 0.15) is 13.3 Å². The van der Waals surface area contributed by atoms with Gasteiger partial charge in [-0.2, -0.15) is 0 Å². The topological polar surface area (TPSA) is 3.24 Å². The van der Waals surface area contributed by atoms with Gasteiger partial charge in [-0.1, -0.05) is 6.92 Å². The van der Waals surface area contributed by atoms with Gasteiger partial charge >= 0.3 is 0 Å². The summed E-state index contributed by atoms with van der Waals surface area (Å²) < 4.78 is 26.1. The molecule has 0 radical (unpaired) electrons. The fraction of sp³-hybridized carbons (Fsp3) is 1.00. The van der Waals surface area contributed by atoms with Gasteiger partial charge < -0.3 is 4.90 Å². The Kier molecular flexibility index (Phi) is 1.20. The third kappa shape index (κ3) is 0.723. The van der Waals surface area contributed by atoms with Crippen molar-refractivity contribution in [3.05, 3.63) is 0 Å². The van der Waals surface area contributed by atoms with E-state index >= 15 is 0 Å². The van der Waals surface area contributed by atoms with Crippen LogP contribution in [0.4, 0.5) is 8.78 Å². The van der Waals surface area contributed by atoms with E-state index in [-0.39, 0.29) is 5.92 Å². The molecule has 2 fully saturated rings. The Morgan fingerprint density at radius 3 is 2.55 bits per heavy atom. The van der Waals surface area contributed by atoms with E-state index in [2.05, 4.69) is 0 Å². The highest BCUT2D eigenvalue weighted by Gasteiger charge is 2.77. The van der Waals surface area contributed by atoms with E-state index in [4.69, 9.17) is 0 Å². The van der Waals surface area contributed by atoms with Crippen LogP contribution in [-0.4, -0.2) is 31.0 Å². The van der Waals surface area contributed by atoms with E-state index in [0.29, 0.717) is 13.0 Å². The maximum atomic E-state index is 13.0. The molecule has 64 valence electrons. The minimum atomic E-state index is -2.38. The Morgan fingerprint density at radius 2 is 2.09 bits per heavy atom. The number of nitrogens with zero attached hydrogens (tertiary/aromatic N) is 1. The Hall–Kier alpha value is -0.180. The molecule has 3 heteroatoms. The van der Waals surface area contributed by atoms with Crippen molar-refractivity contribution in [3.63, 3.8) is 0 Å². The first-order valence-electron chi connectivity index (χ1n) is 4.05. The van der Waals surface area contributed by atoms with Gasteiger partial charge in [0.2, 0.25) is 0 Å². The fourth-order valence-electron chi connectivity index (χ4n) is 2.16. The van der Waals surface area contributed by atoms with Crippen LogP contribution >= 0.6 is 0 Å². The Balaban J connectivity index is 2.16. The molecule has 2 unspecified atom stereocenters. The lowest BCUT2D eigenvalue weighted by atomic mass is 9.98. The summed E-state index contributed by atoms with van der Waals surface area (Å²) in [6.07, 6.45) is 0.654. The fourth-order valence-corrected chi connectivity index (χ4v) is 2.16. The van der Waals surface area contributed by atoms with Crippen LogP contribution in [0.2, 0.25) is 0 Å². The lowest BCUT2D eigenvalue weighted by Crippen LogP contribution is -2.30. The number of fused-ring (bicyclic) bond motifs is 1. The highest BCUT2D eigenvalue weighted by molar-refractivity contribution is 5.18. The molecule has 1 aliphatic heterocycles. The smallest absolute Gasteiger partial charge is 0.258 e. The van der Waals surface area contributed by atoms with E-state index < -0.39 is 11.3 Å². The molecule has 0 bridgehead atoms. The predicted octanol–water partition coefficient (Wildman–Crippen LogP) is 1.59. The molecule has 1 heterocycles. The average molecular weight is 161 g/mol. The largest absolute Gasteiger partial charge is 0.306 e. The van der Waals surface area contributed by atoms with Crippen molar-refractivity contribution in [1.29, 1.82) is 0 Å². The first-order valence-corrected chi connectivity index (χ1v) is 4.05. The molecule has 0 spiro atoms. The van der Waals surface area contributed by atoms with Gasteiger partial charge in [-0.15, -0.1) is 0 Å². The third-order valence-electron chi connectivity index (χ3n) is 3.39. The SMILES string of the molecule is CN1CCC2(C)C(C1)C2(F)F. The van der Waals surface area contributed by atoms with Crippen molar-refractivity contribution in [2.24, 2.45) is 11.3 Å². The molecule has 0 aromatic heterocycles. The molecule has 0 aromatic carbocycles.